The molecule has 3 rings (SSSR count). The zero-order valence-electron chi connectivity index (χ0n) is 16.4. The SMILES string of the molecule is COc1ccc(I)c(Sc2nc3c([As])ncnc3n2CCCNC(C)(C)C)c1. The predicted octanol–water partition coefficient (Wildman–Crippen LogP) is 3.16. The molecular weight excluding hydrogens is 548 g/mol. The minimum atomic E-state index is 0.113. The third kappa shape index (κ3) is 5.40. The molecule has 9 heteroatoms. The van der Waals surface area contributed by atoms with Gasteiger partial charge in [0.05, 0.1) is 0 Å². The number of nitrogens with zero attached hydrogens (tertiary/aromatic N) is 4. The molecule has 2 radical (unpaired) electrons. The predicted molar refractivity (Wildman–Crippen MR) is 123 cm³/mol. The maximum atomic E-state index is 5.39. The van der Waals surface area contributed by atoms with Crippen LogP contribution in [-0.2, 0) is 6.54 Å². The monoisotopic (exact) mass is 571 g/mol. The van der Waals surface area contributed by atoms with Gasteiger partial charge in [0.15, 0.2) is 0 Å². The van der Waals surface area contributed by atoms with Crippen molar-refractivity contribution in [2.75, 3.05) is 13.7 Å². The van der Waals surface area contributed by atoms with Crippen LogP contribution in [-0.4, -0.2) is 55.6 Å². The summed E-state index contributed by atoms with van der Waals surface area (Å²) < 4.78 is 9.58. The van der Waals surface area contributed by atoms with Gasteiger partial charge in [0.1, 0.15) is 0 Å². The summed E-state index contributed by atoms with van der Waals surface area (Å²) in [6, 6.07) is 6.08. The zero-order valence-corrected chi connectivity index (χ0v) is 21.2. The van der Waals surface area contributed by atoms with Crippen molar-refractivity contribution < 1.29 is 4.74 Å². The first-order valence-electron chi connectivity index (χ1n) is 8.95. The first-order valence-corrected chi connectivity index (χ1v) is 11.8. The van der Waals surface area contributed by atoms with Gasteiger partial charge in [0.25, 0.3) is 0 Å². The van der Waals surface area contributed by atoms with Crippen LogP contribution in [0.2, 0.25) is 0 Å². The van der Waals surface area contributed by atoms with E-state index >= 15 is 0 Å². The molecular formula is C19H23AsIN5OS. The van der Waals surface area contributed by atoms with Gasteiger partial charge in [-0.2, -0.15) is 0 Å². The quantitative estimate of drug-likeness (QED) is 0.267. The van der Waals surface area contributed by atoms with E-state index < -0.39 is 0 Å². The number of imidazole rings is 1. The third-order valence-electron chi connectivity index (χ3n) is 4.03. The number of benzene rings is 1. The first kappa shape index (κ1) is 21.9. The molecule has 6 nitrogen and oxygen atoms in total. The summed E-state index contributed by atoms with van der Waals surface area (Å²) in [7, 11) is 1.69. The number of fused-ring (bicyclic) bond motifs is 1. The molecule has 28 heavy (non-hydrogen) atoms. The van der Waals surface area contributed by atoms with Crippen LogP contribution in [0.1, 0.15) is 27.2 Å². The van der Waals surface area contributed by atoms with E-state index in [1.807, 2.05) is 12.1 Å². The average Bonchev–Trinajstić information content (AvgIpc) is 2.98. The van der Waals surface area contributed by atoms with Crippen LogP contribution >= 0.6 is 34.4 Å². The van der Waals surface area contributed by atoms with E-state index in [2.05, 4.69) is 86.1 Å². The molecule has 2 aromatic heterocycles. The Morgan fingerprint density at radius 3 is 2.79 bits per heavy atom. The van der Waals surface area contributed by atoms with Gasteiger partial charge in [0.2, 0.25) is 0 Å². The normalized spacial score (nSPS) is 11.9. The van der Waals surface area contributed by atoms with Gasteiger partial charge in [-0.25, -0.2) is 0 Å². The number of hydrogen-bond acceptors (Lipinski definition) is 6. The number of ether oxygens (including phenoxy) is 1. The molecule has 0 unspecified atom stereocenters. The summed E-state index contributed by atoms with van der Waals surface area (Å²) in [5.74, 6) is 0.840. The molecule has 1 N–H and O–H groups in total. The summed E-state index contributed by atoms with van der Waals surface area (Å²) >= 11 is 6.47. The number of rotatable bonds is 7. The summed E-state index contributed by atoms with van der Waals surface area (Å²) in [6.45, 7) is 8.32. The molecule has 2 heterocycles. The van der Waals surface area contributed by atoms with Crippen molar-refractivity contribution in [1.29, 1.82) is 0 Å². The first-order chi connectivity index (χ1) is 13.3. The van der Waals surface area contributed by atoms with E-state index in [9.17, 15) is 0 Å². The zero-order chi connectivity index (χ0) is 20.3. The third-order valence-corrected chi connectivity index (χ3v) is 7.08. The van der Waals surface area contributed by atoms with Crippen molar-refractivity contribution in [3.05, 3.63) is 28.1 Å². The van der Waals surface area contributed by atoms with E-state index in [0.717, 1.165) is 54.5 Å². The van der Waals surface area contributed by atoms with Crippen LogP contribution in [0, 0.1) is 3.57 Å². The second kappa shape index (κ2) is 9.32. The van der Waals surface area contributed by atoms with Gasteiger partial charge < -0.3 is 0 Å². The molecule has 1 aromatic carbocycles. The number of aromatic nitrogens is 4. The molecule has 0 amide bonds. The Morgan fingerprint density at radius 1 is 1.29 bits per heavy atom. The Labute approximate surface area is 192 Å². The summed E-state index contributed by atoms with van der Waals surface area (Å²) in [5.41, 5.74) is 1.83. The Balaban J connectivity index is 1.91. The minimum absolute atomic E-state index is 0.113. The van der Waals surface area contributed by atoms with Crippen molar-refractivity contribution in [1.82, 2.24) is 24.8 Å². The van der Waals surface area contributed by atoms with Crippen LogP contribution in [0.3, 0.4) is 0 Å². The van der Waals surface area contributed by atoms with E-state index in [0.29, 0.717) is 0 Å². The molecule has 0 fully saturated rings. The Hall–Kier alpha value is -0.832. The second-order valence-corrected chi connectivity index (χ2v) is 10.4. The van der Waals surface area contributed by atoms with Gasteiger partial charge in [0, 0.05) is 0 Å². The molecule has 0 atom stereocenters. The van der Waals surface area contributed by atoms with Gasteiger partial charge in [-0.1, -0.05) is 0 Å². The fraction of sp³-hybridized carbons (Fsp3) is 0.421. The number of methoxy groups -OCH3 is 1. The molecule has 0 spiro atoms. The van der Waals surface area contributed by atoms with Gasteiger partial charge in [-0.15, -0.1) is 0 Å². The number of nitrogens with one attached hydrogen (secondary N) is 1. The topological polar surface area (TPSA) is 64.9 Å². The Morgan fingerprint density at radius 2 is 2.07 bits per heavy atom. The molecule has 0 aliphatic heterocycles. The maximum absolute atomic E-state index is 5.39. The van der Waals surface area contributed by atoms with Crippen LogP contribution in [0.25, 0.3) is 11.2 Å². The van der Waals surface area contributed by atoms with E-state index in [-0.39, 0.29) is 5.54 Å². The van der Waals surface area contributed by atoms with Crippen molar-refractivity contribution in [2.24, 2.45) is 0 Å². The van der Waals surface area contributed by atoms with Crippen LogP contribution in [0.15, 0.2) is 34.6 Å². The molecule has 0 aliphatic rings. The van der Waals surface area contributed by atoms with Crippen LogP contribution in [0.5, 0.6) is 5.75 Å². The van der Waals surface area contributed by atoms with Crippen LogP contribution in [0.4, 0.5) is 0 Å². The Bertz CT molecular complexity index is 973. The summed E-state index contributed by atoms with van der Waals surface area (Å²) in [6.07, 6.45) is 2.59. The van der Waals surface area contributed by atoms with Crippen molar-refractivity contribution in [3.63, 3.8) is 0 Å². The van der Waals surface area contributed by atoms with Crippen molar-refractivity contribution >= 4 is 66.9 Å². The van der Waals surface area contributed by atoms with Gasteiger partial charge in [-0.05, 0) is 0 Å². The van der Waals surface area contributed by atoms with Crippen molar-refractivity contribution in [2.45, 2.75) is 49.3 Å². The van der Waals surface area contributed by atoms with Crippen molar-refractivity contribution in [3.8, 4) is 5.75 Å². The fourth-order valence-electron chi connectivity index (χ4n) is 2.67. The van der Waals surface area contributed by atoms with E-state index in [1.165, 1.54) is 0 Å². The van der Waals surface area contributed by atoms with Gasteiger partial charge >= 0.3 is 193 Å². The Kier molecular flexibility index (Phi) is 7.28. The average molecular weight is 571 g/mol. The number of aryl methyl sites for hydroxylation is 1. The molecule has 0 aliphatic carbocycles. The molecule has 0 saturated carbocycles. The van der Waals surface area contributed by atoms with E-state index in [4.69, 9.17) is 9.72 Å². The van der Waals surface area contributed by atoms with Gasteiger partial charge in [-0.3, -0.25) is 0 Å². The standard InChI is InChI=1S/C19H23AsIN5OS/c1-19(2,3)24-8-5-9-26-17-15(16(20)22-11-23-17)25-18(26)28-14-10-12(27-4)6-7-13(14)21/h6-7,10-11,24H,5,8-9H2,1-4H3. The second-order valence-electron chi connectivity index (χ2n) is 7.34. The number of hydrogen-bond donors (Lipinski definition) is 1. The molecule has 3 aromatic rings. The number of halogens is 1. The summed E-state index contributed by atoms with van der Waals surface area (Å²) in [4.78, 5) is 14.8. The summed E-state index contributed by atoms with van der Waals surface area (Å²) in [5, 5.41) is 4.46. The molecule has 148 valence electrons. The molecule has 0 saturated heterocycles. The fourth-order valence-corrected chi connectivity index (χ4v) is 4.72. The van der Waals surface area contributed by atoms with Crippen LogP contribution < -0.4 is 14.5 Å². The molecule has 0 bridgehead atoms. The van der Waals surface area contributed by atoms with E-state index in [1.54, 1.807) is 25.2 Å².